The van der Waals surface area contributed by atoms with Crippen LogP contribution in [0.4, 0.5) is 5.82 Å². The molecule has 1 aliphatic heterocycles. The first kappa shape index (κ1) is 16.9. The Morgan fingerprint density at radius 1 is 1.16 bits per heavy atom. The van der Waals surface area contributed by atoms with Gasteiger partial charge in [0.25, 0.3) is 0 Å². The molecule has 25 heavy (non-hydrogen) atoms. The molecule has 0 saturated carbocycles. The summed E-state index contributed by atoms with van der Waals surface area (Å²) in [5.41, 5.74) is 2.19. The molecule has 1 saturated heterocycles. The second kappa shape index (κ2) is 7.35. The minimum absolute atomic E-state index is 0.945. The SMILES string of the molecule is CCc1nc(CN2CCN(c3ncnc4ccc(Br)cc34)CC2)cs1. The van der Waals surface area contributed by atoms with E-state index in [9.17, 15) is 0 Å². The van der Waals surface area contributed by atoms with Crippen molar-refractivity contribution in [1.29, 1.82) is 0 Å². The standard InChI is InChI=1S/C18H20BrN5S/c1-2-17-22-14(11-25-17)10-23-5-7-24(8-6-23)18-15-9-13(19)3-4-16(15)20-12-21-18/h3-4,9,11-12H,2,5-8,10H2,1H3. The monoisotopic (exact) mass is 417 g/mol. The van der Waals surface area contributed by atoms with Crippen molar-refractivity contribution in [3.63, 3.8) is 0 Å². The van der Waals surface area contributed by atoms with Crippen molar-refractivity contribution in [2.75, 3.05) is 31.1 Å². The number of aryl methyl sites for hydroxylation is 1. The van der Waals surface area contributed by atoms with Gasteiger partial charge < -0.3 is 4.90 Å². The first-order valence-corrected chi connectivity index (χ1v) is 10.2. The normalized spacial score (nSPS) is 15.8. The molecular formula is C18H20BrN5S. The Bertz CT molecular complexity index is 873. The van der Waals surface area contributed by atoms with Crippen LogP contribution in [0.2, 0.25) is 0 Å². The number of benzene rings is 1. The van der Waals surface area contributed by atoms with Crippen molar-refractivity contribution < 1.29 is 0 Å². The lowest BCUT2D eigenvalue weighted by Gasteiger charge is -2.35. The van der Waals surface area contributed by atoms with Crippen LogP contribution in [0, 0.1) is 0 Å². The van der Waals surface area contributed by atoms with E-state index in [1.165, 1.54) is 10.7 Å². The first-order valence-electron chi connectivity index (χ1n) is 8.54. The Kier molecular flexibility index (Phi) is 4.96. The smallest absolute Gasteiger partial charge is 0.140 e. The quantitative estimate of drug-likeness (QED) is 0.646. The van der Waals surface area contributed by atoms with E-state index in [2.05, 4.69) is 59.1 Å². The van der Waals surface area contributed by atoms with Crippen LogP contribution in [0.1, 0.15) is 17.6 Å². The number of hydrogen-bond acceptors (Lipinski definition) is 6. The highest BCUT2D eigenvalue weighted by molar-refractivity contribution is 9.10. The minimum atomic E-state index is 0.945. The van der Waals surface area contributed by atoms with Gasteiger partial charge in [-0.1, -0.05) is 22.9 Å². The summed E-state index contributed by atoms with van der Waals surface area (Å²) >= 11 is 5.33. The van der Waals surface area contributed by atoms with Gasteiger partial charge in [-0.25, -0.2) is 15.0 Å². The zero-order valence-corrected chi connectivity index (χ0v) is 16.6. The van der Waals surface area contributed by atoms with Crippen LogP contribution in [-0.4, -0.2) is 46.0 Å². The summed E-state index contributed by atoms with van der Waals surface area (Å²) in [6.45, 7) is 7.11. The van der Waals surface area contributed by atoms with Gasteiger partial charge >= 0.3 is 0 Å². The fourth-order valence-electron chi connectivity index (χ4n) is 3.20. The Hall–Kier alpha value is -1.57. The van der Waals surface area contributed by atoms with Gasteiger partial charge in [0.15, 0.2) is 0 Å². The van der Waals surface area contributed by atoms with Crippen LogP contribution < -0.4 is 4.90 Å². The van der Waals surface area contributed by atoms with E-state index in [-0.39, 0.29) is 0 Å². The predicted octanol–water partition coefficient (Wildman–Crippen LogP) is 3.73. The number of hydrogen-bond donors (Lipinski definition) is 0. The molecule has 5 nitrogen and oxygen atoms in total. The van der Waals surface area contributed by atoms with Gasteiger partial charge in [-0.05, 0) is 24.6 Å². The molecule has 0 spiro atoms. The number of aromatic nitrogens is 3. The lowest BCUT2D eigenvalue weighted by atomic mass is 10.2. The number of rotatable bonds is 4. The van der Waals surface area contributed by atoms with E-state index < -0.39 is 0 Å². The highest BCUT2D eigenvalue weighted by Crippen LogP contribution is 2.27. The molecule has 1 aromatic carbocycles. The summed E-state index contributed by atoms with van der Waals surface area (Å²) in [4.78, 5) is 18.5. The lowest BCUT2D eigenvalue weighted by molar-refractivity contribution is 0.247. The summed E-state index contributed by atoms with van der Waals surface area (Å²) in [5.74, 6) is 1.04. The first-order chi connectivity index (χ1) is 12.2. The Morgan fingerprint density at radius 2 is 2.00 bits per heavy atom. The summed E-state index contributed by atoms with van der Waals surface area (Å²) in [7, 11) is 0. The molecule has 0 atom stereocenters. The van der Waals surface area contributed by atoms with E-state index in [0.29, 0.717) is 0 Å². The van der Waals surface area contributed by atoms with Crippen LogP contribution in [0.15, 0.2) is 34.4 Å². The molecule has 0 radical (unpaired) electrons. The zero-order chi connectivity index (χ0) is 17.2. The van der Waals surface area contributed by atoms with Gasteiger partial charge in [0.2, 0.25) is 0 Å². The molecule has 0 amide bonds. The van der Waals surface area contributed by atoms with E-state index >= 15 is 0 Å². The number of piperazine rings is 1. The van der Waals surface area contributed by atoms with Crippen molar-refractivity contribution in [2.45, 2.75) is 19.9 Å². The average molecular weight is 418 g/mol. The average Bonchev–Trinajstić information content (AvgIpc) is 3.09. The molecule has 1 aliphatic rings. The zero-order valence-electron chi connectivity index (χ0n) is 14.2. The summed E-state index contributed by atoms with van der Waals surface area (Å²) < 4.78 is 1.06. The van der Waals surface area contributed by atoms with Gasteiger partial charge in [0.1, 0.15) is 12.1 Å². The third kappa shape index (κ3) is 3.68. The molecule has 3 aromatic rings. The molecule has 7 heteroatoms. The Labute approximate surface area is 159 Å². The lowest BCUT2D eigenvalue weighted by Crippen LogP contribution is -2.46. The number of anilines is 1. The third-order valence-electron chi connectivity index (χ3n) is 4.54. The van der Waals surface area contributed by atoms with Crippen LogP contribution in [0.5, 0.6) is 0 Å². The van der Waals surface area contributed by atoms with E-state index in [4.69, 9.17) is 0 Å². The van der Waals surface area contributed by atoms with Crippen molar-refractivity contribution in [2.24, 2.45) is 0 Å². The molecule has 0 N–H and O–H groups in total. The van der Waals surface area contributed by atoms with E-state index in [1.54, 1.807) is 17.7 Å². The Balaban J connectivity index is 1.46. The maximum absolute atomic E-state index is 4.69. The van der Waals surface area contributed by atoms with Crippen molar-refractivity contribution in [1.82, 2.24) is 19.9 Å². The van der Waals surface area contributed by atoms with Gasteiger partial charge in [-0.2, -0.15) is 0 Å². The van der Waals surface area contributed by atoms with Crippen LogP contribution in [-0.2, 0) is 13.0 Å². The molecule has 3 heterocycles. The van der Waals surface area contributed by atoms with Crippen molar-refractivity contribution in [3.05, 3.63) is 45.1 Å². The van der Waals surface area contributed by atoms with Crippen molar-refractivity contribution >= 4 is 44.0 Å². The molecule has 0 bridgehead atoms. The summed E-state index contributed by atoms with van der Waals surface area (Å²) in [6, 6.07) is 6.17. The predicted molar refractivity (Wildman–Crippen MR) is 106 cm³/mol. The number of halogens is 1. The van der Waals surface area contributed by atoms with Gasteiger partial charge in [-0.3, -0.25) is 4.90 Å². The maximum Gasteiger partial charge on any atom is 0.140 e. The second-order valence-electron chi connectivity index (χ2n) is 6.21. The van der Waals surface area contributed by atoms with E-state index in [0.717, 1.165) is 60.3 Å². The largest absolute Gasteiger partial charge is 0.353 e. The molecule has 4 rings (SSSR count). The maximum atomic E-state index is 4.69. The summed E-state index contributed by atoms with van der Waals surface area (Å²) in [6.07, 6.45) is 2.69. The second-order valence-corrected chi connectivity index (χ2v) is 8.07. The topological polar surface area (TPSA) is 45.2 Å². The van der Waals surface area contributed by atoms with Crippen molar-refractivity contribution in [3.8, 4) is 0 Å². The molecule has 0 aliphatic carbocycles. The number of thiazole rings is 1. The van der Waals surface area contributed by atoms with Gasteiger partial charge in [0, 0.05) is 48.0 Å². The van der Waals surface area contributed by atoms with Crippen LogP contribution >= 0.6 is 27.3 Å². The molecule has 1 fully saturated rings. The van der Waals surface area contributed by atoms with E-state index in [1.807, 2.05) is 12.1 Å². The fraction of sp³-hybridized carbons (Fsp3) is 0.389. The molecular weight excluding hydrogens is 398 g/mol. The molecule has 130 valence electrons. The highest BCUT2D eigenvalue weighted by Gasteiger charge is 2.20. The number of nitrogens with zero attached hydrogens (tertiary/aromatic N) is 5. The fourth-order valence-corrected chi connectivity index (χ4v) is 4.30. The highest BCUT2D eigenvalue weighted by atomic mass is 79.9. The summed E-state index contributed by atoms with van der Waals surface area (Å²) in [5, 5.41) is 4.53. The minimum Gasteiger partial charge on any atom is -0.353 e. The third-order valence-corrected chi connectivity index (χ3v) is 6.07. The Morgan fingerprint density at radius 3 is 2.76 bits per heavy atom. The van der Waals surface area contributed by atoms with Crippen LogP contribution in [0.25, 0.3) is 10.9 Å². The van der Waals surface area contributed by atoms with Crippen LogP contribution in [0.3, 0.4) is 0 Å². The van der Waals surface area contributed by atoms with Gasteiger partial charge in [0.05, 0.1) is 16.2 Å². The van der Waals surface area contributed by atoms with Gasteiger partial charge in [-0.15, -0.1) is 11.3 Å². The molecule has 0 unspecified atom stereocenters. The molecule has 2 aromatic heterocycles. The number of fused-ring (bicyclic) bond motifs is 1.